The van der Waals surface area contributed by atoms with Gasteiger partial charge < -0.3 is 33.5 Å². The Hall–Kier alpha value is -2.03. The molecular formula is C17H26O8. The summed E-state index contributed by atoms with van der Waals surface area (Å²) in [5.41, 5.74) is 0.448. The molecule has 0 radical (unpaired) electrons. The second-order valence-corrected chi connectivity index (χ2v) is 4.78. The van der Waals surface area contributed by atoms with Crippen LogP contribution in [0.3, 0.4) is 0 Å². The topological polar surface area (TPSA) is 92.7 Å². The van der Waals surface area contributed by atoms with Crippen LogP contribution in [0.1, 0.15) is 36.7 Å². The fourth-order valence-electron chi connectivity index (χ4n) is 1.91. The van der Waals surface area contributed by atoms with Gasteiger partial charge in [0.2, 0.25) is 5.75 Å². The van der Waals surface area contributed by atoms with Crippen molar-refractivity contribution in [2.45, 2.75) is 27.7 Å². The Kier molecular flexibility index (Phi) is 9.68. The van der Waals surface area contributed by atoms with E-state index in [-0.39, 0.29) is 43.2 Å². The molecule has 0 aliphatic rings. The SMILES string of the molecule is CCOCOc1cc(C(=O)O)c(C)c(OCOCC)c1OCOCC. The largest absolute Gasteiger partial charge is 0.478 e. The molecule has 0 heterocycles. The maximum absolute atomic E-state index is 11.5. The summed E-state index contributed by atoms with van der Waals surface area (Å²) in [4.78, 5) is 11.5. The standard InChI is InChI=1S/C17H26O8/c1-5-20-9-23-14-8-13(17(18)19)12(4)15(24-10-21-6-2)16(14)25-11-22-7-3/h8H,5-7,9-11H2,1-4H3,(H,18,19). The summed E-state index contributed by atoms with van der Waals surface area (Å²) in [5, 5.41) is 9.42. The van der Waals surface area contributed by atoms with Gasteiger partial charge in [0.1, 0.15) is 0 Å². The van der Waals surface area contributed by atoms with E-state index in [4.69, 9.17) is 28.4 Å². The number of carboxylic acids is 1. The molecule has 8 heteroatoms. The van der Waals surface area contributed by atoms with E-state index in [1.807, 2.05) is 20.8 Å². The lowest BCUT2D eigenvalue weighted by Gasteiger charge is -2.20. The molecule has 0 bridgehead atoms. The first kappa shape index (κ1) is 21.0. The van der Waals surface area contributed by atoms with E-state index in [1.54, 1.807) is 6.92 Å². The minimum absolute atomic E-state index is 0.0294. The Morgan fingerprint density at radius 2 is 1.36 bits per heavy atom. The van der Waals surface area contributed by atoms with Crippen LogP contribution in [0.4, 0.5) is 0 Å². The van der Waals surface area contributed by atoms with Gasteiger partial charge in [-0.1, -0.05) is 0 Å². The van der Waals surface area contributed by atoms with Crippen molar-refractivity contribution in [3.8, 4) is 17.2 Å². The Morgan fingerprint density at radius 1 is 0.880 bits per heavy atom. The smallest absolute Gasteiger partial charge is 0.336 e. The molecule has 1 rings (SSSR count). The van der Waals surface area contributed by atoms with Crippen molar-refractivity contribution >= 4 is 5.97 Å². The van der Waals surface area contributed by atoms with Crippen LogP contribution in [0.25, 0.3) is 0 Å². The molecule has 0 saturated carbocycles. The highest BCUT2D eigenvalue weighted by molar-refractivity contribution is 5.91. The summed E-state index contributed by atoms with van der Waals surface area (Å²) >= 11 is 0. The zero-order valence-electron chi connectivity index (χ0n) is 15.1. The van der Waals surface area contributed by atoms with E-state index < -0.39 is 5.97 Å². The number of hydrogen-bond acceptors (Lipinski definition) is 7. The maximum atomic E-state index is 11.5. The molecule has 0 fully saturated rings. The third-order valence-corrected chi connectivity index (χ3v) is 3.16. The predicted octanol–water partition coefficient (Wildman–Crippen LogP) is 2.81. The van der Waals surface area contributed by atoms with Gasteiger partial charge in [-0.05, 0) is 33.8 Å². The fourth-order valence-corrected chi connectivity index (χ4v) is 1.91. The highest BCUT2D eigenvalue weighted by Gasteiger charge is 2.23. The van der Waals surface area contributed by atoms with E-state index in [1.165, 1.54) is 6.07 Å². The van der Waals surface area contributed by atoms with Crippen LogP contribution < -0.4 is 14.2 Å². The van der Waals surface area contributed by atoms with Crippen molar-refractivity contribution in [3.05, 3.63) is 17.2 Å². The van der Waals surface area contributed by atoms with Gasteiger partial charge in [0.15, 0.2) is 31.9 Å². The Morgan fingerprint density at radius 3 is 1.84 bits per heavy atom. The average molecular weight is 358 g/mol. The molecule has 1 aromatic carbocycles. The van der Waals surface area contributed by atoms with Crippen molar-refractivity contribution in [2.24, 2.45) is 0 Å². The van der Waals surface area contributed by atoms with Crippen LogP contribution in [0, 0.1) is 6.92 Å². The van der Waals surface area contributed by atoms with Crippen molar-refractivity contribution in [1.82, 2.24) is 0 Å². The molecule has 142 valence electrons. The molecule has 0 spiro atoms. The molecule has 0 saturated heterocycles. The summed E-state index contributed by atoms with van der Waals surface area (Å²) < 4.78 is 32.3. The lowest BCUT2D eigenvalue weighted by atomic mass is 10.1. The number of aromatic carboxylic acids is 1. The number of ether oxygens (including phenoxy) is 6. The number of rotatable bonds is 13. The molecule has 0 unspecified atom stereocenters. The normalized spacial score (nSPS) is 10.6. The summed E-state index contributed by atoms with van der Waals surface area (Å²) in [6.45, 7) is 8.38. The van der Waals surface area contributed by atoms with Gasteiger partial charge >= 0.3 is 5.97 Å². The molecule has 8 nitrogen and oxygen atoms in total. The second kappa shape index (κ2) is 11.5. The summed E-state index contributed by atoms with van der Waals surface area (Å²) in [6, 6.07) is 1.38. The maximum Gasteiger partial charge on any atom is 0.336 e. The highest BCUT2D eigenvalue weighted by Crippen LogP contribution is 2.42. The lowest BCUT2D eigenvalue weighted by molar-refractivity contribution is -0.00338. The van der Waals surface area contributed by atoms with Crippen molar-refractivity contribution in [2.75, 3.05) is 40.2 Å². The second-order valence-electron chi connectivity index (χ2n) is 4.78. The van der Waals surface area contributed by atoms with Crippen molar-refractivity contribution in [3.63, 3.8) is 0 Å². The lowest BCUT2D eigenvalue weighted by Crippen LogP contribution is -2.13. The monoisotopic (exact) mass is 358 g/mol. The molecule has 0 aliphatic heterocycles. The Bertz CT molecular complexity index is 544. The van der Waals surface area contributed by atoms with E-state index in [0.29, 0.717) is 25.4 Å². The first-order valence-electron chi connectivity index (χ1n) is 8.09. The molecule has 0 aliphatic carbocycles. The van der Waals surface area contributed by atoms with Crippen LogP contribution in [0.15, 0.2) is 6.07 Å². The third kappa shape index (κ3) is 6.41. The van der Waals surface area contributed by atoms with Gasteiger partial charge in [0, 0.05) is 25.4 Å². The Labute approximate surface area is 147 Å². The van der Waals surface area contributed by atoms with E-state index in [0.717, 1.165) is 0 Å². The van der Waals surface area contributed by atoms with E-state index >= 15 is 0 Å². The average Bonchev–Trinajstić information content (AvgIpc) is 2.58. The van der Waals surface area contributed by atoms with Crippen molar-refractivity contribution < 1.29 is 38.3 Å². The first-order chi connectivity index (χ1) is 12.1. The first-order valence-corrected chi connectivity index (χ1v) is 8.09. The van der Waals surface area contributed by atoms with Crippen LogP contribution in [-0.4, -0.2) is 51.3 Å². The Balaban J connectivity index is 3.24. The van der Waals surface area contributed by atoms with Gasteiger partial charge in [-0.3, -0.25) is 0 Å². The quantitative estimate of drug-likeness (QED) is 0.425. The summed E-state index contributed by atoms with van der Waals surface area (Å²) in [7, 11) is 0. The van der Waals surface area contributed by atoms with E-state index in [9.17, 15) is 9.90 Å². The van der Waals surface area contributed by atoms with Gasteiger partial charge in [-0.2, -0.15) is 0 Å². The highest BCUT2D eigenvalue weighted by atomic mass is 16.7. The molecule has 0 aromatic heterocycles. The summed E-state index contributed by atoms with van der Waals surface area (Å²) in [6.07, 6.45) is 0. The fraction of sp³-hybridized carbons (Fsp3) is 0.588. The van der Waals surface area contributed by atoms with Gasteiger partial charge in [0.05, 0.1) is 5.56 Å². The molecule has 0 amide bonds. The molecular weight excluding hydrogens is 332 g/mol. The van der Waals surface area contributed by atoms with E-state index in [2.05, 4.69) is 0 Å². The minimum Gasteiger partial charge on any atom is -0.478 e. The molecule has 1 aromatic rings. The molecule has 1 N–H and O–H groups in total. The molecule has 0 atom stereocenters. The predicted molar refractivity (Wildman–Crippen MR) is 89.5 cm³/mol. The van der Waals surface area contributed by atoms with Crippen LogP contribution in [0.2, 0.25) is 0 Å². The van der Waals surface area contributed by atoms with Crippen LogP contribution in [0.5, 0.6) is 17.2 Å². The van der Waals surface area contributed by atoms with Crippen LogP contribution >= 0.6 is 0 Å². The zero-order chi connectivity index (χ0) is 18.7. The van der Waals surface area contributed by atoms with Gasteiger partial charge in [-0.25, -0.2) is 4.79 Å². The number of carboxylic acid groups (broad SMARTS) is 1. The third-order valence-electron chi connectivity index (χ3n) is 3.16. The minimum atomic E-state index is -1.10. The number of hydrogen-bond donors (Lipinski definition) is 1. The zero-order valence-corrected chi connectivity index (χ0v) is 15.1. The van der Waals surface area contributed by atoms with Crippen LogP contribution in [-0.2, 0) is 14.2 Å². The van der Waals surface area contributed by atoms with Crippen molar-refractivity contribution in [1.29, 1.82) is 0 Å². The summed E-state index contributed by atoms with van der Waals surface area (Å²) in [5.74, 6) is -0.422. The molecule has 25 heavy (non-hydrogen) atoms. The van der Waals surface area contributed by atoms with Gasteiger partial charge in [-0.15, -0.1) is 0 Å². The number of carbonyl (C=O) groups is 1. The van der Waals surface area contributed by atoms with Gasteiger partial charge in [0.25, 0.3) is 0 Å². The number of benzene rings is 1.